The quantitative estimate of drug-likeness (QED) is 0.663. The van der Waals surface area contributed by atoms with Gasteiger partial charge in [0, 0.05) is 10.9 Å². The molecule has 0 aliphatic carbocycles. The number of hydrogen-bond acceptors (Lipinski definition) is 1. The van der Waals surface area contributed by atoms with Gasteiger partial charge in [0.2, 0.25) is 0 Å². The van der Waals surface area contributed by atoms with Gasteiger partial charge in [0.05, 0.1) is 5.56 Å². The van der Waals surface area contributed by atoms with Crippen LogP contribution in [-0.2, 0) is 0 Å². The molecule has 1 aromatic rings. The van der Waals surface area contributed by atoms with Crippen molar-refractivity contribution >= 4 is 17.4 Å². The molecule has 3 heteroatoms. The number of benzene rings is 1. The van der Waals surface area contributed by atoms with Gasteiger partial charge in [-0.15, -0.1) is 0 Å². The predicted octanol–water partition coefficient (Wildman–Crippen LogP) is 4.88. The standard InChI is InChI=1S/C14H18ClFO/c1-3-5-6-10(4-2)14(17)12-8-7-11(15)9-13(12)16/h7-10H,3-6H2,1-2H3. The molecule has 0 bridgehead atoms. The number of carbonyl (C=O) groups is 1. The third kappa shape index (κ3) is 3.81. The Kier molecular flexibility index (Phi) is 5.63. The molecule has 0 N–H and O–H groups in total. The highest BCUT2D eigenvalue weighted by atomic mass is 35.5. The van der Waals surface area contributed by atoms with Crippen molar-refractivity contribution in [3.63, 3.8) is 0 Å². The SMILES string of the molecule is CCCCC(CC)C(=O)c1ccc(Cl)cc1F. The van der Waals surface area contributed by atoms with Crippen molar-refractivity contribution in [3.8, 4) is 0 Å². The van der Waals surface area contributed by atoms with Crippen LogP contribution in [0.15, 0.2) is 18.2 Å². The highest BCUT2D eigenvalue weighted by Crippen LogP contribution is 2.22. The Morgan fingerprint density at radius 3 is 2.65 bits per heavy atom. The van der Waals surface area contributed by atoms with E-state index in [1.54, 1.807) is 6.07 Å². The maximum atomic E-state index is 13.6. The molecule has 0 aliphatic heterocycles. The lowest BCUT2D eigenvalue weighted by atomic mass is 9.90. The molecule has 0 saturated heterocycles. The predicted molar refractivity (Wildman–Crippen MR) is 69.0 cm³/mol. The number of hydrogen-bond donors (Lipinski definition) is 0. The van der Waals surface area contributed by atoms with Crippen molar-refractivity contribution in [1.82, 2.24) is 0 Å². The van der Waals surface area contributed by atoms with Crippen LogP contribution in [0.5, 0.6) is 0 Å². The largest absolute Gasteiger partial charge is 0.294 e. The smallest absolute Gasteiger partial charge is 0.168 e. The first kappa shape index (κ1) is 14.2. The van der Waals surface area contributed by atoms with Crippen molar-refractivity contribution in [2.45, 2.75) is 39.5 Å². The summed E-state index contributed by atoms with van der Waals surface area (Å²) in [6.07, 6.45) is 3.63. The van der Waals surface area contributed by atoms with Crippen molar-refractivity contribution in [2.24, 2.45) is 5.92 Å². The minimum absolute atomic E-state index is 0.0781. The topological polar surface area (TPSA) is 17.1 Å². The van der Waals surface area contributed by atoms with Gasteiger partial charge < -0.3 is 0 Å². The minimum Gasteiger partial charge on any atom is -0.294 e. The molecule has 0 heterocycles. The number of Topliss-reactive ketones (excluding diaryl/α,β-unsaturated/α-hetero) is 1. The molecule has 0 amide bonds. The van der Waals surface area contributed by atoms with Gasteiger partial charge in [0.25, 0.3) is 0 Å². The molecule has 1 rings (SSSR count). The summed E-state index contributed by atoms with van der Waals surface area (Å²) < 4.78 is 13.6. The van der Waals surface area contributed by atoms with Gasteiger partial charge in [-0.3, -0.25) is 4.79 Å². The van der Waals surface area contributed by atoms with E-state index in [0.717, 1.165) is 25.7 Å². The summed E-state index contributed by atoms with van der Waals surface area (Å²) in [7, 11) is 0. The molecular weight excluding hydrogens is 239 g/mol. The lowest BCUT2D eigenvalue weighted by Crippen LogP contribution is -2.15. The number of rotatable bonds is 6. The number of unbranched alkanes of at least 4 members (excludes halogenated alkanes) is 1. The van der Waals surface area contributed by atoms with Crippen LogP contribution in [-0.4, -0.2) is 5.78 Å². The second-order valence-corrected chi connectivity index (χ2v) is 4.67. The highest BCUT2D eigenvalue weighted by Gasteiger charge is 2.20. The average molecular weight is 257 g/mol. The van der Waals surface area contributed by atoms with E-state index >= 15 is 0 Å². The first-order valence-corrected chi connectivity index (χ1v) is 6.47. The number of carbonyl (C=O) groups excluding carboxylic acids is 1. The van der Waals surface area contributed by atoms with E-state index in [1.165, 1.54) is 12.1 Å². The monoisotopic (exact) mass is 256 g/mol. The highest BCUT2D eigenvalue weighted by molar-refractivity contribution is 6.30. The first-order chi connectivity index (χ1) is 8.10. The van der Waals surface area contributed by atoms with Crippen molar-refractivity contribution in [2.75, 3.05) is 0 Å². The second kappa shape index (κ2) is 6.75. The van der Waals surface area contributed by atoms with Crippen LogP contribution in [0.25, 0.3) is 0 Å². The van der Waals surface area contributed by atoms with E-state index in [9.17, 15) is 9.18 Å². The molecular formula is C14H18ClFO. The van der Waals surface area contributed by atoms with E-state index < -0.39 is 5.82 Å². The maximum absolute atomic E-state index is 13.6. The van der Waals surface area contributed by atoms with E-state index in [1.807, 2.05) is 6.92 Å². The van der Waals surface area contributed by atoms with Crippen LogP contribution in [0.3, 0.4) is 0 Å². The molecule has 1 aromatic carbocycles. The Labute approximate surface area is 107 Å². The second-order valence-electron chi connectivity index (χ2n) is 4.24. The summed E-state index contributed by atoms with van der Waals surface area (Å²) >= 11 is 5.67. The van der Waals surface area contributed by atoms with Crippen LogP contribution < -0.4 is 0 Å². The molecule has 17 heavy (non-hydrogen) atoms. The lowest BCUT2D eigenvalue weighted by Gasteiger charge is -2.13. The van der Waals surface area contributed by atoms with Gasteiger partial charge in [-0.05, 0) is 31.0 Å². The maximum Gasteiger partial charge on any atom is 0.168 e. The number of halogens is 2. The number of ketones is 1. The van der Waals surface area contributed by atoms with E-state index in [2.05, 4.69) is 6.92 Å². The zero-order valence-electron chi connectivity index (χ0n) is 10.3. The fourth-order valence-corrected chi connectivity index (χ4v) is 2.04. The third-order valence-corrected chi connectivity index (χ3v) is 3.20. The summed E-state index contributed by atoms with van der Waals surface area (Å²) in [5, 5.41) is 0.320. The van der Waals surface area contributed by atoms with Crippen molar-refractivity contribution in [1.29, 1.82) is 0 Å². The summed E-state index contributed by atoms with van der Waals surface area (Å²) in [4.78, 5) is 12.1. The lowest BCUT2D eigenvalue weighted by molar-refractivity contribution is 0.0904. The molecule has 0 aromatic heterocycles. The van der Waals surface area contributed by atoms with E-state index in [-0.39, 0.29) is 17.3 Å². The minimum atomic E-state index is -0.516. The zero-order chi connectivity index (χ0) is 12.8. The molecule has 1 nitrogen and oxygen atoms in total. The van der Waals surface area contributed by atoms with Crippen LogP contribution in [0.1, 0.15) is 49.9 Å². The Morgan fingerprint density at radius 2 is 2.12 bits per heavy atom. The Bertz CT molecular complexity index is 390. The summed E-state index contributed by atoms with van der Waals surface area (Å²) in [5.74, 6) is -0.696. The van der Waals surface area contributed by atoms with Crippen LogP contribution in [0.2, 0.25) is 5.02 Å². The van der Waals surface area contributed by atoms with Gasteiger partial charge >= 0.3 is 0 Å². The summed E-state index contributed by atoms with van der Waals surface area (Å²) in [6.45, 7) is 4.05. The Balaban J connectivity index is 2.86. The van der Waals surface area contributed by atoms with Crippen LogP contribution in [0.4, 0.5) is 4.39 Å². The van der Waals surface area contributed by atoms with Gasteiger partial charge in [-0.1, -0.05) is 38.3 Å². The van der Waals surface area contributed by atoms with Gasteiger partial charge in [0.15, 0.2) is 5.78 Å². The van der Waals surface area contributed by atoms with Crippen molar-refractivity contribution in [3.05, 3.63) is 34.6 Å². The average Bonchev–Trinajstić information content (AvgIpc) is 2.29. The fraction of sp³-hybridized carbons (Fsp3) is 0.500. The van der Waals surface area contributed by atoms with Crippen LogP contribution >= 0.6 is 11.6 Å². The molecule has 94 valence electrons. The molecule has 0 spiro atoms. The summed E-state index contributed by atoms with van der Waals surface area (Å²) in [5.41, 5.74) is 0.164. The Morgan fingerprint density at radius 1 is 1.41 bits per heavy atom. The van der Waals surface area contributed by atoms with Gasteiger partial charge in [-0.25, -0.2) is 4.39 Å². The molecule has 0 saturated carbocycles. The summed E-state index contributed by atoms with van der Waals surface area (Å²) in [6, 6.07) is 4.24. The van der Waals surface area contributed by atoms with Crippen molar-refractivity contribution < 1.29 is 9.18 Å². The van der Waals surface area contributed by atoms with E-state index in [4.69, 9.17) is 11.6 Å². The van der Waals surface area contributed by atoms with Gasteiger partial charge in [-0.2, -0.15) is 0 Å². The molecule has 0 aliphatic rings. The Hall–Kier alpha value is -0.890. The molecule has 1 unspecified atom stereocenters. The molecule has 0 radical (unpaired) electrons. The fourth-order valence-electron chi connectivity index (χ4n) is 1.88. The normalized spacial score (nSPS) is 12.5. The molecule has 1 atom stereocenters. The first-order valence-electron chi connectivity index (χ1n) is 6.09. The van der Waals surface area contributed by atoms with Crippen LogP contribution in [0, 0.1) is 11.7 Å². The van der Waals surface area contributed by atoms with E-state index in [0.29, 0.717) is 5.02 Å². The zero-order valence-corrected chi connectivity index (χ0v) is 11.1. The molecule has 0 fully saturated rings. The third-order valence-electron chi connectivity index (χ3n) is 2.97. The van der Waals surface area contributed by atoms with Gasteiger partial charge in [0.1, 0.15) is 5.82 Å².